The van der Waals surface area contributed by atoms with Crippen molar-refractivity contribution < 1.29 is 40.4 Å². The lowest BCUT2D eigenvalue weighted by atomic mass is 10.00. The first kappa shape index (κ1) is 26.9. The highest BCUT2D eigenvalue weighted by Gasteiger charge is 2.32. The molecule has 2 rings (SSSR count). The number of rotatable bonds is 13. The van der Waals surface area contributed by atoms with Crippen LogP contribution >= 0.6 is 0 Å². The highest BCUT2D eigenvalue weighted by Crippen LogP contribution is 2.31. The van der Waals surface area contributed by atoms with Gasteiger partial charge in [0.2, 0.25) is 15.9 Å². The average molecular weight is 499 g/mol. The maximum Gasteiger partial charge on any atom is 0.422 e. The van der Waals surface area contributed by atoms with E-state index in [4.69, 9.17) is 4.52 Å². The predicted octanol–water partition coefficient (Wildman–Crippen LogP) is 2.65. The number of carbonyl (C=O) groups excluding carboxylic acids is 2. The quantitative estimate of drug-likeness (QED) is 0.316. The number of hydrogen-bond acceptors (Lipinski definition) is 7. The van der Waals surface area contributed by atoms with Crippen molar-refractivity contribution in [1.29, 1.82) is 0 Å². The van der Waals surface area contributed by atoms with E-state index in [2.05, 4.69) is 19.9 Å². The average Bonchev–Trinajstić information content (AvgIpc) is 3.19. The number of alkyl halides is 3. The normalized spacial score (nSPS) is 15.9. The molecule has 10 nitrogen and oxygen atoms in total. The molecule has 1 fully saturated rings. The van der Waals surface area contributed by atoms with Crippen molar-refractivity contribution in [2.75, 3.05) is 25.4 Å². The number of nitrogens with zero attached hydrogens (tertiary/aromatic N) is 2. The highest BCUT2D eigenvalue weighted by molar-refractivity contribution is 7.89. The number of urea groups is 1. The molecule has 1 aromatic heterocycles. The minimum absolute atomic E-state index is 0.00128. The molecule has 1 unspecified atom stereocenters. The van der Waals surface area contributed by atoms with E-state index in [1.807, 2.05) is 13.8 Å². The van der Waals surface area contributed by atoms with Gasteiger partial charge in [0, 0.05) is 6.54 Å². The molecule has 1 aliphatic heterocycles. The fourth-order valence-corrected chi connectivity index (χ4v) is 4.68. The first-order chi connectivity index (χ1) is 15.3. The summed E-state index contributed by atoms with van der Waals surface area (Å²) in [5.41, 5.74) is 0.375. The van der Waals surface area contributed by atoms with E-state index in [1.165, 1.54) is 11.8 Å². The highest BCUT2D eigenvalue weighted by atomic mass is 32.2. The third kappa shape index (κ3) is 8.84. The number of ether oxygens (including phenoxy) is 1. The maximum atomic E-state index is 12.6. The Hall–Kier alpha value is -2.35. The van der Waals surface area contributed by atoms with Crippen LogP contribution in [0.4, 0.5) is 18.0 Å². The summed E-state index contributed by atoms with van der Waals surface area (Å²) in [5, 5.41) is 5.93. The molecular weight excluding hydrogens is 469 g/mol. The lowest BCUT2D eigenvalue weighted by Crippen LogP contribution is -2.32. The van der Waals surface area contributed by atoms with E-state index < -0.39 is 40.8 Å². The smallest absolute Gasteiger partial charge is 0.422 e. The molecule has 0 saturated carbocycles. The van der Waals surface area contributed by atoms with Crippen LogP contribution in [-0.2, 0) is 14.8 Å². The fourth-order valence-electron chi connectivity index (χ4n) is 3.34. The van der Waals surface area contributed by atoms with Crippen LogP contribution in [0.1, 0.15) is 56.8 Å². The first-order valence-electron chi connectivity index (χ1n) is 10.5. The number of sulfonamides is 1. The summed E-state index contributed by atoms with van der Waals surface area (Å²) in [6, 6.07) is -1.24. The zero-order valence-electron chi connectivity index (χ0n) is 18.7. The Morgan fingerprint density at radius 2 is 1.94 bits per heavy atom. The molecule has 0 spiro atoms. The van der Waals surface area contributed by atoms with Crippen molar-refractivity contribution in [1.82, 2.24) is 20.1 Å². The molecule has 33 heavy (non-hydrogen) atoms. The summed E-state index contributed by atoms with van der Waals surface area (Å²) in [6.45, 7) is 4.00. The Kier molecular flexibility index (Phi) is 9.12. The Morgan fingerprint density at radius 3 is 2.52 bits per heavy atom. The summed E-state index contributed by atoms with van der Waals surface area (Å²) >= 11 is 0. The van der Waals surface area contributed by atoms with Crippen LogP contribution < -0.4 is 14.8 Å². The monoisotopic (exact) mass is 498 g/mol. The van der Waals surface area contributed by atoms with Crippen molar-refractivity contribution >= 4 is 22.0 Å². The van der Waals surface area contributed by atoms with Gasteiger partial charge in [0.25, 0.3) is 0 Å². The minimum atomic E-state index is -4.55. The van der Waals surface area contributed by atoms with Gasteiger partial charge in [0.05, 0.1) is 17.4 Å². The van der Waals surface area contributed by atoms with Crippen LogP contribution in [0, 0.1) is 12.8 Å². The van der Waals surface area contributed by atoms with E-state index in [1.54, 1.807) is 0 Å². The van der Waals surface area contributed by atoms with Gasteiger partial charge >= 0.3 is 18.2 Å². The van der Waals surface area contributed by atoms with Gasteiger partial charge in [-0.1, -0.05) is 25.4 Å². The van der Waals surface area contributed by atoms with Gasteiger partial charge in [0.1, 0.15) is 12.2 Å². The Balaban J connectivity index is 1.92. The number of amides is 3. The number of aromatic nitrogens is 1. The van der Waals surface area contributed by atoms with Gasteiger partial charge in [0.15, 0.2) is 6.61 Å². The number of halogens is 3. The molecule has 1 atom stereocenters. The van der Waals surface area contributed by atoms with Gasteiger partial charge in [-0.15, -0.1) is 0 Å². The second-order valence-electron chi connectivity index (χ2n) is 8.34. The third-order valence-electron chi connectivity index (χ3n) is 4.85. The third-order valence-corrected chi connectivity index (χ3v) is 6.32. The number of hydrogen-bond donors (Lipinski definition) is 2. The van der Waals surface area contributed by atoms with Gasteiger partial charge in [-0.25, -0.2) is 17.9 Å². The van der Waals surface area contributed by atoms with Crippen LogP contribution in [-0.4, -0.2) is 62.0 Å². The summed E-state index contributed by atoms with van der Waals surface area (Å²) in [4.78, 5) is 24.0. The molecule has 3 amide bonds. The summed E-state index contributed by atoms with van der Waals surface area (Å²) in [5.74, 6) is -0.887. The zero-order valence-corrected chi connectivity index (χ0v) is 19.5. The molecular formula is C19H29F3N4O6S. The van der Waals surface area contributed by atoms with Crippen molar-refractivity contribution in [3.05, 3.63) is 11.3 Å². The van der Waals surface area contributed by atoms with E-state index in [9.17, 15) is 31.2 Å². The summed E-state index contributed by atoms with van der Waals surface area (Å²) in [7, 11) is -3.74. The van der Waals surface area contributed by atoms with Gasteiger partial charge in [-0.3, -0.25) is 10.1 Å². The van der Waals surface area contributed by atoms with E-state index in [-0.39, 0.29) is 35.4 Å². The predicted molar refractivity (Wildman–Crippen MR) is 111 cm³/mol. The maximum absolute atomic E-state index is 12.6. The molecule has 1 saturated heterocycles. The van der Waals surface area contributed by atoms with Crippen molar-refractivity contribution in [2.24, 2.45) is 5.92 Å². The molecule has 0 aromatic carbocycles. The molecule has 2 N–H and O–H groups in total. The zero-order chi connectivity index (χ0) is 24.8. The van der Waals surface area contributed by atoms with Crippen LogP contribution in [0.25, 0.3) is 0 Å². The van der Waals surface area contributed by atoms with Crippen LogP contribution in [0.2, 0.25) is 0 Å². The van der Waals surface area contributed by atoms with Crippen LogP contribution in [0.5, 0.6) is 5.95 Å². The summed E-state index contributed by atoms with van der Waals surface area (Å²) in [6.07, 6.45) is -2.82. The Bertz CT molecular complexity index is 932. The Labute approximate surface area is 190 Å². The molecule has 188 valence electrons. The number of nitrogens with one attached hydrogen (secondary N) is 2. The van der Waals surface area contributed by atoms with Crippen molar-refractivity contribution in [3.8, 4) is 5.95 Å². The lowest BCUT2D eigenvalue weighted by Gasteiger charge is -2.19. The molecule has 1 aliphatic rings. The van der Waals surface area contributed by atoms with E-state index >= 15 is 0 Å². The summed E-state index contributed by atoms with van der Waals surface area (Å²) < 4.78 is 74.5. The van der Waals surface area contributed by atoms with Crippen molar-refractivity contribution in [3.63, 3.8) is 0 Å². The Morgan fingerprint density at radius 1 is 1.24 bits per heavy atom. The first-order valence-corrected chi connectivity index (χ1v) is 12.2. The number of carbonyl (C=O) groups is 2. The standard InChI is InChI=1S/C19H29F3N4O6S/c1-12(2)9-14(16-13(3)17(32-24-16)31-11-19(20,21)22)25-33(29,30)8-6-4-5-7-26-10-15(27)23-18(26)28/h12,14,25H,4-11H2,1-3H3,(H,23,27,28). The fraction of sp³-hybridized carbons (Fsp3) is 0.737. The van der Waals surface area contributed by atoms with E-state index in [0.29, 0.717) is 32.2 Å². The largest absolute Gasteiger partial charge is 0.454 e. The van der Waals surface area contributed by atoms with Crippen LogP contribution in [0.15, 0.2) is 4.52 Å². The van der Waals surface area contributed by atoms with Gasteiger partial charge < -0.3 is 14.2 Å². The van der Waals surface area contributed by atoms with Gasteiger partial charge in [-0.05, 0) is 32.1 Å². The molecule has 0 radical (unpaired) electrons. The molecule has 14 heteroatoms. The topological polar surface area (TPSA) is 131 Å². The SMILES string of the molecule is Cc1c(C(CC(C)C)NS(=O)(=O)CCCCCN2CC(=O)NC2=O)noc1OCC(F)(F)F. The molecule has 0 bridgehead atoms. The van der Waals surface area contributed by atoms with Crippen molar-refractivity contribution in [2.45, 2.75) is 58.7 Å². The second kappa shape index (κ2) is 11.2. The number of unbranched alkanes of at least 4 members (excludes halogenated alkanes) is 2. The lowest BCUT2D eigenvalue weighted by molar-refractivity contribution is -0.156. The van der Waals surface area contributed by atoms with Crippen LogP contribution in [0.3, 0.4) is 0 Å². The molecule has 2 heterocycles. The second-order valence-corrected chi connectivity index (χ2v) is 10.2. The minimum Gasteiger partial charge on any atom is -0.454 e. The molecule has 1 aromatic rings. The number of imide groups is 1. The van der Waals surface area contributed by atoms with E-state index in [0.717, 1.165) is 0 Å². The molecule has 0 aliphatic carbocycles. The van der Waals surface area contributed by atoms with Gasteiger partial charge in [-0.2, -0.15) is 13.2 Å².